The number of piperidine rings is 1. The minimum Gasteiger partial charge on any atom is -0.478 e. The number of hydrogen-bond acceptors (Lipinski definition) is 7. The highest BCUT2D eigenvalue weighted by Crippen LogP contribution is 2.22. The standard InChI is InChI=1S/C20H23N7O4/c1-25-16-15(17(28)23-20(25)31)27(19(22-16)26-10-3-2-4-11-26)12-9-21-24-14-7-5-13(6-8-14)18(29)30/h5-9,24H,2-4,10-12H2,1H3,(H,29,30)(H,23,28,31)/b21-9-. The summed E-state index contributed by atoms with van der Waals surface area (Å²) in [6.45, 7) is 1.94. The van der Waals surface area contributed by atoms with E-state index in [9.17, 15) is 14.4 Å². The molecule has 4 rings (SSSR count). The Morgan fingerprint density at radius 1 is 1.23 bits per heavy atom. The number of aromatic amines is 1. The lowest BCUT2D eigenvalue weighted by Crippen LogP contribution is -2.32. The number of carboxylic acids is 1. The molecule has 3 N–H and O–H groups in total. The molecule has 2 aromatic heterocycles. The summed E-state index contributed by atoms with van der Waals surface area (Å²) >= 11 is 0. The Morgan fingerprint density at radius 3 is 2.61 bits per heavy atom. The highest BCUT2D eigenvalue weighted by atomic mass is 16.4. The van der Waals surface area contributed by atoms with Crippen LogP contribution in [0.2, 0.25) is 0 Å². The second-order valence-corrected chi connectivity index (χ2v) is 7.37. The van der Waals surface area contributed by atoms with Crippen molar-refractivity contribution < 1.29 is 9.90 Å². The SMILES string of the molecule is Cn1c(=O)[nH]c(=O)c2c1nc(N1CCCCC1)n2C/C=N\Nc1ccc(C(=O)O)cc1. The number of H-pyrrole nitrogens is 1. The van der Waals surface area contributed by atoms with Gasteiger partial charge in [0.2, 0.25) is 5.95 Å². The fraction of sp³-hybridized carbons (Fsp3) is 0.350. The van der Waals surface area contributed by atoms with Crippen LogP contribution in [0, 0.1) is 0 Å². The maximum atomic E-state index is 12.6. The molecule has 0 unspecified atom stereocenters. The number of anilines is 2. The van der Waals surface area contributed by atoms with Crippen molar-refractivity contribution in [3.63, 3.8) is 0 Å². The zero-order valence-electron chi connectivity index (χ0n) is 17.0. The summed E-state index contributed by atoms with van der Waals surface area (Å²) in [5.41, 5.74) is 3.33. The first kappa shape index (κ1) is 20.4. The van der Waals surface area contributed by atoms with E-state index in [0.717, 1.165) is 32.4 Å². The van der Waals surface area contributed by atoms with Crippen LogP contribution in [0.5, 0.6) is 0 Å². The average molecular weight is 425 g/mol. The van der Waals surface area contributed by atoms with Crippen LogP contribution < -0.4 is 21.6 Å². The monoisotopic (exact) mass is 425 g/mol. The highest BCUT2D eigenvalue weighted by Gasteiger charge is 2.22. The highest BCUT2D eigenvalue weighted by molar-refractivity contribution is 5.88. The fourth-order valence-corrected chi connectivity index (χ4v) is 3.66. The molecule has 0 radical (unpaired) electrons. The number of carbonyl (C=O) groups is 1. The second-order valence-electron chi connectivity index (χ2n) is 7.37. The lowest BCUT2D eigenvalue weighted by Gasteiger charge is -2.27. The van der Waals surface area contributed by atoms with Crippen molar-refractivity contribution in [2.45, 2.75) is 25.8 Å². The lowest BCUT2D eigenvalue weighted by molar-refractivity contribution is 0.0697. The first-order valence-electron chi connectivity index (χ1n) is 10.0. The van der Waals surface area contributed by atoms with Crippen molar-refractivity contribution in [2.24, 2.45) is 12.1 Å². The van der Waals surface area contributed by atoms with Gasteiger partial charge >= 0.3 is 11.7 Å². The number of imidazole rings is 1. The number of hydrogen-bond donors (Lipinski definition) is 3. The smallest absolute Gasteiger partial charge is 0.335 e. The van der Waals surface area contributed by atoms with E-state index in [1.54, 1.807) is 30.0 Å². The van der Waals surface area contributed by atoms with Gasteiger partial charge in [0.05, 0.1) is 17.8 Å². The van der Waals surface area contributed by atoms with Gasteiger partial charge in [0.1, 0.15) is 0 Å². The first-order chi connectivity index (χ1) is 15.0. The summed E-state index contributed by atoms with van der Waals surface area (Å²) in [6, 6.07) is 6.20. The predicted molar refractivity (Wildman–Crippen MR) is 117 cm³/mol. The van der Waals surface area contributed by atoms with Gasteiger partial charge < -0.3 is 10.0 Å². The van der Waals surface area contributed by atoms with Crippen molar-refractivity contribution in [1.29, 1.82) is 0 Å². The molecule has 11 nitrogen and oxygen atoms in total. The number of aromatic carboxylic acids is 1. The van der Waals surface area contributed by atoms with Gasteiger partial charge in [-0.2, -0.15) is 10.1 Å². The average Bonchev–Trinajstić information content (AvgIpc) is 3.16. The molecule has 0 spiro atoms. The number of aromatic nitrogens is 4. The number of carboxylic acid groups (broad SMARTS) is 1. The van der Waals surface area contributed by atoms with Crippen molar-refractivity contribution in [2.75, 3.05) is 23.4 Å². The minimum absolute atomic E-state index is 0.190. The Labute approximate surface area is 176 Å². The second kappa shape index (κ2) is 8.46. The van der Waals surface area contributed by atoms with Crippen LogP contribution in [0.1, 0.15) is 29.6 Å². The molecule has 1 aliphatic rings. The van der Waals surface area contributed by atoms with Gasteiger partial charge in [-0.05, 0) is 43.5 Å². The maximum absolute atomic E-state index is 12.6. The van der Waals surface area contributed by atoms with Crippen LogP contribution in [-0.2, 0) is 13.6 Å². The van der Waals surface area contributed by atoms with E-state index in [0.29, 0.717) is 22.8 Å². The molecule has 1 fully saturated rings. The van der Waals surface area contributed by atoms with Gasteiger partial charge in [-0.3, -0.25) is 24.3 Å². The van der Waals surface area contributed by atoms with E-state index in [1.807, 2.05) is 0 Å². The third-order valence-electron chi connectivity index (χ3n) is 5.31. The molecule has 3 heterocycles. The van der Waals surface area contributed by atoms with Crippen molar-refractivity contribution >= 4 is 35.0 Å². The van der Waals surface area contributed by atoms with Crippen molar-refractivity contribution in [1.82, 2.24) is 19.1 Å². The number of fused-ring (bicyclic) bond motifs is 1. The zero-order valence-corrected chi connectivity index (χ0v) is 17.0. The van der Waals surface area contributed by atoms with Crippen molar-refractivity contribution in [3.05, 3.63) is 50.7 Å². The fourth-order valence-electron chi connectivity index (χ4n) is 3.66. The van der Waals surface area contributed by atoms with E-state index in [4.69, 9.17) is 5.11 Å². The first-order valence-corrected chi connectivity index (χ1v) is 10.0. The molecule has 0 atom stereocenters. The molecule has 1 aliphatic heterocycles. The van der Waals surface area contributed by atoms with Crippen LogP contribution in [0.4, 0.5) is 11.6 Å². The summed E-state index contributed by atoms with van der Waals surface area (Å²) in [6.07, 6.45) is 4.84. The Bertz CT molecular complexity index is 1250. The summed E-state index contributed by atoms with van der Waals surface area (Å²) < 4.78 is 3.09. The minimum atomic E-state index is -0.994. The molecular weight excluding hydrogens is 402 g/mol. The molecule has 11 heteroatoms. The van der Waals surface area contributed by atoms with Gasteiger partial charge in [-0.1, -0.05) is 0 Å². The van der Waals surface area contributed by atoms with Gasteiger partial charge in [-0.25, -0.2) is 9.59 Å². The number of benzene rings is 1. The van der Waals surface area contributed by atoms with E-state index in [-0.39, 0.29) is 12.1 Å². The molecule has 1 saturated heterocycles. The van der Waals surface area contributed by atoms with Crippen LogP contribution in [-0.4, -0.2) is 49.5 Å². The summed E-state index contributed by atoms with van der Waals surface area (Å²) in [4.78, 5) is 44.6. The molecule has 0 saturated carbocycles. The summed E-state index contributed by atoms with van der Waals surface area (Å²) in [5.74, 6) is -0.356. The topological polar surface area (TPSA) is 138 Å². The molecular formula is C20H23N7O4. The third kappa shape index (κ3) is 4.06. The Hall–Kier alpha value is -3.89. The van der Waals surface area contributed by atoms with Gasteiger partial charge in [0.25, 0.3) is 5.56 Å². The number of hydrazone groups is 1. The summed E-state index contributed by atoms with van der Waals surface area (Å²) in [7, 11) is 1.58. The quantitative estimate of drug-likeness (QED) is 0.399. The van der Waals surface area contributed by atoms with Gasteiger partial charge in [0.15, 0.2) is 11.2 Å². The molecule has 162 valence electrons. The number of rotatable bonds is 6. The zero-order chi connectivity index (χ0) is 22.0. The molecule has 3 aromatic rings. The van der Waals surface area contributed by atoms with E-state index >= 15 is 0 Å². The van der Waals surface area contributed by atoms with Gasteiger partial charge in [-0.15, -0.1) is 0 Å². The van der Waals surface area contributed by atoms with Crippen LogP contribution in [0.3, 0.4) is 0 Å². The predicted octanol–water partition coefficient (Wildman–Crippen LogP) is 1.21. The van der Waals surface area contributed by atoms with Crippen LogP contribution >= 0.6 is 0 Å². The van der Waals surface area contributed by atoms with E-state index < -0.39 is 17.2 Å². The molecule has 31 heavy (non-hydrogen) atoms. The van der Waals surface area contributed by atoms with Crippen LogP contribution in [0.15, 0.2) is 39.0 Å². The third-order valence-corrected chi connectivity index (χ3v) is 5.31. The number of nitrogens with zero attached hydrogens (tertiary/aromatic N) is 5. The Morgan fingerprint density at radius 2 is 1.94 bits per heavy atom. The number of nitrogens with one attached hydrogen (secondary N) is 2. The normalized spacial score (nSPS) is 14.4. The molecule has 1 aromatic carbocycles. The number of aryl methyl sites for hydroxylation is 1. The lowest BCUT2D eigenvalue weighted by atomic mass is 10.1. The molecule has 0 aliphatic carbocycles. The van der Waals surface area contributed by atoms with Gasteiger partial charge in [0, 0.05) is 26.4 Å². The molecule has 0 amide bonds. The Kier molecular flexibility index (Phi) is 5.56. The van der Waals surface area contributed by atoms with E-state index in [1.165, 1.54) is 16.7 Å². The van der Waals surface area contributed by atoms with Crippen molar-refractivity contribution in [3.8, 4) is 0 Å². The van der Waals surface area contributed by atoms with Crippen LogP contribution in [0.25, 0.3) is 11.2 Å². The summed E-state index contributed by atoms with van der Waals surface area (Å²) in [5, 5.41) is 13.1. The van der Waals surface area contributed by atoms with E-state index in [2.05, 4.69) is 25.4 Å². The largest absolute Gasteiger partial charge is 0.478 e. The molecule has 0 bridgehead atoms. The maximum Gasteiger partial charge on any atom is 0.335 e. The Balaban J connectivity index is 1.63.